The summed E-state index contributed by atoms with van der Waals surface area (Å²) in [6, 6.07) is 57.4. The van der Waals surface area contributed by atoms with Gasteiger partial charge in [-0.15, -0.1) is 0 Å². The van der Waals surface area contributed by atoms with Crippen LogP contribution in [0.15, 0.2) is 178 Å². The van der Waals surface area contributed by atoms with Gasteiger partial charge in [0.1, 0.15) is 11.2 Å². The molecular weight excluding hydrogens is 599 g/mol. The second kappa shape index (κ2) is 11.9. The number of nitrogens with zero attached hydrogens (tertiary/aromatic N) is 3. The Morgan fingerprint density at radius 1 is 0.551 bits per heavy atom. The highest BCUT2D eigenvalue weighted by atomic mass is 16.3. The van der Waals surface area contributed by atoms with E-state index in [0.717, 1.165) is 61.0 Å². The number of benzene rings is 7. The van der Waals surface area contributed by atoms with Crippen LogP contribution >= 0.6 is 0 Å². The van der Waals surface area contributed by atoms with E-state index in [9.17, 15) is 0 Å². The van der Waals surface area contributed by atoms with Crippen LogP contribution in [0.3, 0.4) is 0 Å². The predicted octanol–water partition coefficient (Wildman–Crippen LogP) is 11.7. The smallest absolute Gasteiger partial charge is 0.154 e. The van der Waals surface area contributed by atoms with Crippen molar-refractivity contribution >= 4 is 56.3 Å². The number of fused-ring (bicyclic) bond motifs is 6. The van der Waals surface area contributed by atoms with Crippen LogP contribution < -0.4 is 0 Å². The fourth-order valence-corrected chi connectivity index (χ4v) is 7.03. The second-order valence-electron chi connectivity index (χ2n) is 12.3. The van der Waals surface area contributed by atoms with E-state index in [1.165, 1.54) is 21.8 Å². The number of hydrogen-bond acceptors (Lipinski definition) is 2. The van der Waals surface area contributed by atoms with E-state index < -0.39 is 0 Å². The zero-order valence-corrected chi connectivity index (χ0v) is 26.8. The summed E-state index contributed by atoms with van der Waals surface area (Å²) in [5, 5.41) is 4.71. The van der Waals surface area contributed by atoms with Gasteiger partial charge >= 0.3 is 0 Å². The van der Waals surface area contributed by atoms with Gasteiger partial charge in [0.05, 0.1) is 17.6 Å². The molecule has 0 N–H and O–H groups in total. The molecule has 9 rings (SSSR count). The lowest BCUT2D eigenvalue weighted by atomic mass is 10.0. The first kappa shape index (κ1) is 28.7. The highest BCUT2D eigenvalue weighted by Crippen LogP contribution is 2.39. The molecule has 0 atom stereocenters. The van der Waals surface area contributed by atoms with Crippen LogP contribution in [0.5, 0.6) is 0 Å². The van der Waals surface area contributed by atoms with Gasteiger partial charge in [0.2, 0.25) is 0 Å². The van der Waals surface area contributed by atoms with E-state index in [4.69, 9.17) is 9.41 Å². The van der Waals surface area contributed by atoms with Gasteiger partial charge in [-0.3, -0.25) is 4.99 Å². The topological polar surface area (TPSA) is 42.8 Å². The molecule has 0 fully saturated rings. The first-order chi connectivity index (χ1) is 24.2. The van der Waals surface area contributed by atoms with E-state index in [0.29, 0.717) is 12.4 Å². The number of hydrogen-bond donors (Lipinski definition) is 0. The van der Waals surface area contributed by atoms with Gasteiger partial charge in [-0.2, -0.15) is 0 Å². The molecule has 0 aliphatic heterocycles. The zero-order chi connectivity index (χ0) is 32.7. The zero-order valence-electron chi connectivity index (χ0n) is 26.8. The minimum absolute atomic E-state index is 0.531. The number of furan rings is 1. The van der Waals surface area contributed by atoms with E-state index in [2.05, 4.69) is 138 Å². The largest absolute Gasteiger partial charge is 0.455 e. The number of para-hydroxylation sites is 3. The van der Waals surface area contributed by atoms with Gasteiger partial charge in [-0.05, 0) is 71.4 Å². The summed E-state index contributed by atoms with van der Waals surface area (Å²) in [6.45, 7) is 4.26. The summed E-state index contributed by atoms with van der Waals surface area (Å²) in [5.41, 5.74) is 11.9. The third-order valence-corrected chi connectivity index (χ3v) is 9.37. The lowest BCUT2D eigenvalue weighted by molar-refractivity contribution is 0.670. The van der Waals surface area contributed by atoms with Crippen LogP contribution in [0.2, 0.25) is 0 Å². The molecule has 7 aromatic carbocycles. The van der Waals surface area contributed by atoms with Crippen molar-refractivity contribution in [2.45, 2.75) is 6.54 Å². The quantitative estimate of drug-likeness (QED) is 0.133. The van der Waals surface area contributed by atoms with Crippen molar-refractivity contribution in [3.63, 3.8) is 0 Å². The fraction of sp³-hybridized carbons (Fsp3) is 0.0222. The van der Waals surface area contributed by atoms with Crippen LogP contribution in [0.4, 0.5) is 0 Å². The summed E-state index contributed by atoms with van der Waals surface area (Å²) in [4.78, 5) is 8.92. The second-order valence-corrected chi connectivity index (χ2v) is 12.3. The molecule has 0 radical (unpaired) electrons. The average molecular weight is 630 g/mol. The molecule has 4 nitrogen and oxygen atoms in total. The monoisotopic (exact) mass is 629 g/mol. The molecule has 0 amide bonds. The molecule has 0 bridgehead atoms. The maximum Gasteiger partial charge on any atom is 0.154 e. The van der Waals surface area contributed by atoms with Gasteiger partial charge in [-0.1, -0.05) is 121 Å². The standard InChI is InChI=1S/C45H31N3O/c1-46-45(32-12-3-2-4-13-32)47-29-30-11-9-14-33(27-30)31-21-24-35(25-22-31)48-41-19-7-5-15-37(41)40-28-34(23-26-42(40)48)36-17-10-18-39-38-16-6-8-20-43(38)49-44(36)39/h2-28H,1,29H2. The van der Waals surface area contributed by atoms with E-state index in [1.54, 1.807) is 0 Å². The molecule has 4 heteroatoms. The minimum Gasteiger partial charge on any atom is -0.455 e. The van der Waals surface area contributed by atoms with Crippen LogP contribution in [0.25, 0.3) is 71.7 Å². The molecule has 232 valence electrons. The molecule has 9 aromatic rings. The number of aromatic nitrogens is 1. The third kappa shape index (κ3) is 5.02. The molecule has 0 saturated heterocycles. The molecule has 0 spiro atoms. The van der Waals surface area contributed by atoms with Crippen LogP contribution in [0.1, 0.15) is 11.1 Å². The third-order valence-electron chi connectivity index (χ3n) is 9.37. The van der Waals surface area contributed by atoms with Crippen molar-refractivity contribution in [2.75, 3.05) is 0 Å². The molecule has 0 aliphatic carbocycles. The van der Waals surface area contributed by atoms with Crippen molar-refractivity contribution in [3.8, 4) is 27.9 Å². The maximum atomic E-state index is 6.40. The van der Waals surface area contributed by atoms with Crippen LogP contribution in [-0.2, 0) is 6.54 Å². The van der Waals surface area contributed by atoms with Crippen LogP contribution in [-0.4, -0.2) is 17.1 Å². The predicted molar refractivity (Wildman–Crippen MR) is 205 cm³/mol. The van der Waals surface area contributed by atoms with Crippen molar-refractivity contribution in [2.24, 2.45) is 9.98 Å². The summed E-state index contributed by atoms with van der Waals surface area (Å²) in [7, 11) is 0. The molecule has 0 unspecified atom stereocenters. The Morgan fingerprint density at radius 3 is 2.12 bits per heavy atom. The molecule has 2 heterocycles. The first-order valence-corrected chi connectivity index (χ1v) is 16.5. The highest BCUT2D eigenvalue weighted by Gasteiger charge is 2.16. The summed E-state index contributed by atoms with van der Waals surface area (Å²) in [6.07, 6.45) is 0. The van der Waals surface area contributed by atoms with Gasteiger partial charge in [-0.25, -0.2) is 4.99 Å². The van der Waals surface area contributed by atoms with E-state index >= 15 is 0 Å². The number of rotatable bonds is 6. The Kier molecular flexibility index (Phi) is 6.98. The number of amidine groups is 1. The Hall–Kier alpha value is -6.52. The van der Waals surface area contributed by atoms with Gasteiger partial charge in [0.15, 0.2) is 5.84 Å². The normalized spacial score (nSPS) is 12.0. The van der Waals surface area contributed by atoms with E-state index in [-0.39, 0.29) is 0 Å². The molecule has 0 aliphatic rings. The van der Waals surface area contributed by atoms with Crippen molar-refractivity contribution < 1.29 is 4.42 Å². The van der Waals surface area contributed by atoms with Gasteiger partial charge in [0, 0.05) is 38.4 Å². The maximum absolute atomic E-state index is 6.40. The lowest BCUT2D eigenvalue weighted by Crippen LogP contribution is -1.97. The van der Waals surface area contributed by atoms with E-state index in [1.807, 2.05) is 42.5 Å². The van der Waals surface area contributed by atoms with Gasteiger partial charge in [0.25, 0.3) is 0 Å². The van der Waals surface area contributed by atoms with Gasteiger partial charge < -0.3 is 8.98 Å². The highest BCUT2D eigenvalue weighted by molar-refractivity contribution is 6.13. The molecule has 49 heavy (non-hydrogen) atoms. The average Bonchev–Trinajstić information content (AvgIpc) is 3.71. The van der Waals surface area contributed by atoms with Crippen molar-refractivity contribution in [1.82, 2.24) is 4.57 Å². The number of aliphatic imine (C=N–C) groups is 2. The Bertz CT molecular complexity index is 2700. The van der Waals surface area contributed by atoms with Crippen molar-refractivity contribution in [3.05, 3.63) is 175 Å². The molecular formula is C45H31N3O. The lowest BCUT2D eigenvalue weighted by Gasteiger charge is -2.10. The molecule has 0 saturated carbocycles. The fourth-order valence-electron chi connectivity index (χ4n) is 7.03. The first-order valence-electron chi connectivity index (χ1n) is 16.5. The van der Waals surface area contributed by atoms with Crippen LogP contribution in [0, 0.1) is 0 Å². The summed E-state index contributed by atoms with van der Waals surface area (Å²) >= 11 is 0. The minimum atomic E-state index is 0.531. The Balaban J connectivity index is 1.07. The summed E-state index contributed by atoms with van der Waals surface area (Å²) < 4.78 is 8.76. The Morgan fingerprint density at radius 2 is 1.27 bits per heavy atom. The SMILES string of the molecule is C=NC(=NCc1cccc(-c2ccc(-n3c4ccccc4c4cc(-c5cccc6c5oc5ccccc56)ccc43)cc2)c1)c1ccccc1. The Labute approximate surface area is 283 Å². The molecule has 2 aromatic heterocycles. The van der Waals surface area contributed by atoms with Crippen molar-refractivity contribution in [1.29, 1.82) is 0 Å². The summed E-state index contributed by atoms with van der Waals surface area (Å²) in [5.74, 6) is 0.653.